The SMILES string of the molecule is C=CCN(CC=C)CC(=O)Nc1cccc(C(=O)N(CC)CC)c1. The Hall–Kier alpha value is -2.40. The number of benzene rings is 1. The minimum Gasteiger partial charge on any atom is -0.339 e. The molecule has 0 unspecified atom stereocenters. The van der Waals surface area contributed by atoms with Gasteiger partial charge in [-0.25, -0.2) is 0 Å². The maximum Gasteiger partial charge on any atom is 0.253 e. The lowest BCUT2D eigenvalue weighted by Crippen LogP contribution is -2.33. The van der Waals surface area contributed by atoms with Crippen LogP contribution in [0.3, 0.4) is 0 Å². The van der Waals surface area contributed by atoms with Gasteiger partial charge in [-0.1, -0.05) is 18.2 Å². The minimum atomic E-state index is -0.133. The summed E-state index contributed by atoms with van der Waals surface area (Å²) in [6.07, 6.45) is 3.50. The summed E-state index contributed by atoms with van der Waals surface area (Å²) in [4.78, 5) is 28.2. The second-order valence-corrected chi connectivity index (χ2v) is 5.38. The molecule has 0 saturated heterocycles. The fraction of sp³-hybridized carbons (Fsp3) is 0.368. The third-order valence-corrected chi connectivity index (χ3v) is 3.59. The largest absolute Gasteiger partial charge is 0.339 e. The molecule has 5 nitrogen and oxygen atoms in total. The first-order valence-electron chi connectivity index (χ1n) is 8.19. The molecule has 0 aliphatic carbocycles. The molecule has 0 radical (unpaired) electrons. The standard InChI is InChI=1S/C19H27N3O2/c1-5-12-21(13-6-2)15-18(23)20-17-11-9-10-16(14-17)19(24)22(7-3)8-4/h5-6,9-11,14H,1-2,7-8,12-13,15H2,3-4H3,(H,20,23). The number of carbonyl (C=O) groups is 2. The first-order valence-corrected chi connectivity index (χ1v) is 8.19. The van der Waals surface area contributed by atoms with E-state index in [0.29, 0.717) is 37.4 Å². The third-order valence-electron chi connectivity index (χ3n) is 3.59. The van der Waals surface area contributed by atoms with Gasteiger partial charge in [0.05, 0.1) is 6.54 Å². The molecule has 0 heterocycles. The van der Waals surface area contributed by atoms with Gasteiger partial charge in [0.1, 0.15) is 0 Å². The zero-order valence-electron chi connectivity index (χ0n) is 14.6. The molecule has 0 atom stereocenters. The highest BCUT2D eigenvalue weighted by Gasteiger charge is 2.14. The van der Waals surface area contributed by atoms with E-state index in [-0.39, 0.29) is 18.4 Å². The highest BCUT2D eigenvalue weighted by Crippen LogP contribution is 2.13. The van der Waals surface area contributed by atoms with Crippen LogP contribution in [0, 0.1) is 0 Å². The molecular formula is C19H27N3O2. The number of anilines is 1. The van der Waals surface area contributed by atoms with Crippen molar-refractivity contribution in [2.45, 2.75) is 13.8 Å². The lowest BCUT2D eigenvalue weighted by molar-refractivity contribution is -0.117. The Kier molecular flexibility index (Phi) is 8.50. The van der Waals surface area contributed by atoms with Crippen molar-refractivity contribution in [3.8, 4) is 0 Å². The second-order valence-electron chi connectivity index (χ2n) is 5.38. The Labute approximate surface area is 144 Å². The molecule has 130 valence electrons. The molecule has 2 amide bonds. The average molecular weight is 329 g/mol. The van der Waals surface area contributed by atoms with Crippen LogP contribution in [0.1, 0.15) is 24.2 Å². The number of nitrogens with zero attached hydrogens (tertiary/aromatic N) is 2. The molecule has 0 fully saturated rings. The molecule has 0 saturated carbocycles. The van der Waals surface area contributed by atoms with E-state index in [2.05, 4.69) is 18.5 Å². The van der Waals surface area contributed by atoms with Crippen molar-refractivity contribution in [1.82, 2.24) is 9.80 Å². The van der Waals surface area contributed by atoms with Crippen LogP contribution < -0.4 is 5.32 Å². The van der Waals surface area contributed by atoms with Gasteiger partial charge in [-0.2, -0.15) is 0 Å². The van der Waals surface area contributed by atoms with Gasteiger partial charge in [0.15, 0.2) is 0 Å². The summed E-state index contributed by atoms with van der Waals surface area (Å²) in [7, 11) is 0. The number of amides is 2. The number of hydrogen-bond acceptors (Lipinski definition) is 3. The van der Waals surface area contributed by atoms with Gasteiger partial charge < -0.3 is 10.2 Å². The van der Waals surface area contributed by atoms with Crippen molar-refractivity contribution in [2.75, 3.05) is 38.0 Å². The van der Waals surface area contributed by atoms with Gasteiger partial charge in [-0.05, 0) is 32.0 Å². The Bertz CT molecular complexity index is 570. The molecule has 0 aliphatic rings. The van der Waals surface area contributed by atoms with Crippen molar-refractivity contribution in [2.24, 2.45) is 0 Å². The highest BCUT2D eigenvalue weighted by atomic mass is 16.2. The molecule has 5 heteroatoms. The van der Waals surface area contributed by atoms with Gasteiger partial charge in [0.25, 0.3) is 5.91 Å². The number of rotatable bonds is 10. The van der Waals surface area contributed by atoms with Crippen molar-refractivity contribution in [3.05, 3.63) is 55.1 Å². The maximum atomic E-state index is 12.4. The minimum absolute atomic E-state index is 0.0314. The molecule has 0 aliphatic heterocycles. The van der Waals surface area contributed by atoms with E-state index < -0.39 is 0 Å². The van der Waals surface area contributed by atoms with Crippen LogP contribution in [0.2, 0.25) is 0 Å². The van der Waals surface area contributed by atoms with Crippen LogP contribution >= 0.6 is 0 Å². The lowest BCUT2D eigenvalue weighted by Gasteiger charge is -2.20. The first-order chi connectivity index (χ1) is 11.5. The van der Waals surface area contributed by atoms with Crippen LogP contribution in [-0.2, 0) is 4.79 Å². The van der Waals surface area contributed by atoms with Crippen LogP contribution in [0.4, 0.5) is 5.69 Å². The molecule has 1 aromatic rings. The molecule has 1 aromatic carbocycles. The van der Waals surface area contributed by atoms with Gasteiger partial charge in [0, 0.05) is 37.4 Å². The summed E-state index contributed by atoms with van der Waals surface area (Å²) in [6.45, 7) is 14.0. The Morgan fingerprint density at radius 1 is 1.12 bits per heavy atom. The lowest BCUT2D eigenvalue weighted by atomic mass is 10.1. The van der Waals surface area contributed by atoms with Crippen molar-refractivity contribution in [1.29, 1.82) is 0 Å². The fourth-order valence-corrected chi connectivity index (χ4v) is 2.40. The smallest absolute Gasteiger partial charge is 0.253 e. The zero-order valence-corrected chi connectivity index (χ0v) is 14.6. The number of nitrogens with one attached hydrogen (secondary N) is 1. The normalized spacial score (nSPS) is 10.3. The fourth-order valence-electron chi connectivity index (χ4n) is 2.40. The van der Waals surface area contributed by atoms with Gasteiger partial charge in [-0.15, -0.1) is 13.2 Å². The molecule has 0 bridgehead atoms. The van der Waals surface area contributed by atoms with Crippen molar-refractivity contribution >= 4 is 17.5 Å². The van der Waals surface area contributed by atoms with E-state index >= 15 is 0 Å². The summed E-state index contributed by atoms with van der Waals surface area (Å²) in [5, 5.41) is 2.84. The summed E-state index contributed by atoms with van der Waals surface area (Å²) in [5.41, 5.74) is 1.20. The summed E-state index contributed by atoms with van der Waals surface area (Å²) < 4.78 is 0. The summed E-state index contributed by atoms with van der Waals surface area (Å²) in [6, 6.07) is 7.03. The van der Waals surface area contributed by atoms with Crippen molar-refractivity contribution < 1.29 is 9.59 Å². The van der Waals surface area contributed by atoms with Crippen LogP contribution in [-0.4, -0.2) is 54.3 Å². The van der Waals surface area contributed by atoms with E-state index in [1.165, 1.54) is 0 Å². The monoisotopic (exact) mass is 329 g/mol. The number of hydrogen-bond donors (Lipinski definition) is 1. The molecular weight excluding hydrogens is 302 g/mol. The summed E-state index contributed by atoms with van der Waals surface area (Å²) in [5.74, 6) is -0.165. The van der Waals surface area contributed by atoms with E-state index in [0.717, 1.165) is 0 Å². The van der Waals surface area contributed by atoms with Crippen LogP contribution in [0.5, 0.6) is 0 Å². The zero-order chi connectivity index (χ0) is 17.9. The van der Waals surface area contributed by atoms with E-state index in [9.17, 15) is 9.59 Å². The van der Waals surface area contributed by atoms with Crippen LogP contribution in [0.15, 0.2) is 49.6 Å². The van der Waals surface area contributed by atoms with Crippen molar-refractivity contribution in [3.63, 3.8) is 0 Å². The van der Waals surface area contributed by atoms with E-state index in [1.54, 1.807) is 41.3 Å². The Balaban J connectivity index is 2.76. The third kappa shape index (κ3) is 6.01. The topological polar surface area (TPSA) is 52.7 Å². The average Bonchev–Trinajstić information content (AvgIpc) is 2.56. The summed E-state index contributed by atoms with van der Waals surface area (Å²) >= 11 is 0. The predicted molar refractivity (Wildman–Crippen MR) is 99.2 cm³/mol. The number of carbonyl (C=O) groups excluding carboxylic acids is 2. The quantitative estimate of drug-likeness (QED) is 0.672. The molecule has 1 N–H and O–H groups in total. The van der Waals surface area contributed by atoms with Gasteiger partial charge >= 0.3 is 0 Å². The molecule has 24 heavy (non-hydrogen) atoms. The van der Waals surface area contributed by atoms with Crippen LogP contribution in [0.25, 0.3) is 0 Å². The first kappa shape index (κ1) is 19.6. The second kappa shape index (κ2) is 10.4. The highest BCUT2D eigenvalue weighted by molar-refractivity contribution is 5.97. The van der Waals surface area contributed by atoms with E-state index in [1.807, 2.05) is 18.7 Å². The molecule has 0 aromatic heterocycles. The maximum absolute atomic E-state index is 12.4. The predicted octanol–water partition coefficient (Wildman–Crippen LogP) is 2.78. The van der Waals surface area contributed by atoms with Gasteiger partial charge in [-0.3, -0.25) is 14.5 Å². The molecule has 0 spiro atoms. The molecule has 1 rings (SSSR count). The Morgan fingerprint density at radius 2 is 1.75 bits per heavy atom. The van der Waals surface area contributed by atoms with Gasteiger partial charge in [0.2, 0.25) is 5.91 Å². The van der Waals surface area contributed by atoms with E-state index in [4.69, 9.17) is 0 Å². The Morgan fingerprint density at radius 3 is 2.29 bits per heavy atom.